The second-order valence-corrected chi connectivity index (χ2v) is 12.3. The molecule has 0 bridgehead atoms. The first-order valence-corrected chi connectivity index (χ1v) is 13.6. The average molecular weight is 547 g/mol. The molecule has 1 unspecified atom stereocenters. The number of aliphatic hydroxyl groups excluding tert-OH is 1. The molecular weight excluding hydrogens is 511 g/mol. The molecule has 1 amide bonds. The molecular formula is C27H35FN4O5S. The monoisotopic (exact) mass is 546 g/mol. The van der Waals surface area contributed by atoms with Gasteiger partial charge in [0.2, 0.25) is 10.0 Å². The number of allylic oxidation sites excluding steroid dienone is 1. The number of amides is 1. The van der Waals surface area contributed by atoms with Crippen LogP contribution in [-0.2, 0) is 27.7 Å². The van der Waals surface area contributed by atoms with E-state index in [1.165, 1.54) is 20.2 Å². The fraction of sp³-hybridized carbons (Fsp3) is 0.407. The fourth-order valence-corrected chi connectivity index (χ4v) is 4.95. The highest BCUT2D eigenvalue weighted by Gasteiger charge is 2.23. The lowest BCUT2D eigenvalue weighted by Crippen LogP contribution is -2.32. The molecule has 206 valence electrons. The third kappa shape index (κ3) is 6.97. The number of hydrogen-bond acceptors (Lipinski definition) is 6. The second kappa shape index (κ2) is 11.6. The summed E-state index contributed by atoms with van der Waals surface area (Å²) >= 11 is 0. The lowest BCUT2D eigenvalue weighted by atomic mass is 10.0. The number of sulfonamides is 1. The van der Waals surface area contributed by atoms with Crippen LogP contribution in [0.1, 0.15) is 50.6 Å². The topological polar surface area (TPSA) is 114 Å². The van der Waals surface area contributed by atoms with Gasteiger partial charge in [0.15, 0.2) is 0 Å². The molecule has 0 saturated carbocycles. The van der Waals surface area contributed by atoms with Gasteiger partial charge in [0.1, 0.15) is 11.4 Å². The first-order valence-electron chi connectivity index (χ1n) is 12.2. The van der Waals surface area contributed by atoms with E-state index >= 15 is 0 Å². The summed E-state index contributed by atoms with van der Waals surface area (Å²) in [4.78, 5) is 16.5. The zero-order chi connectivity index (χ0) is 28.3. The number of nitrogens with one attached hydrogen (secondary N) is 1. The molecule has 1 atom stereocenters. The Kier molecular flexibility index (Phi) is 8.96. The number of aliphatic hydroxyl groups is 1. The van der Waals surface area contributed by atoms with Gasteiger partial charge >= 0.3 is 6.09 Å². The lowest BCUT2D eigenvalue weighted by Gasteiger charge is -2.19. The molecule has 0 saturated heterocycles. The Hall–Kier alpha value is -3.28. The van der Waals surface area contributed by atoms with E-state index in [2.05, 4.69) is 10.3 Å². The zero-order valence-electron chi connectivity index (χ0n) is 22.5. The maximum absolute atomic E-state index is 15.0. The fourth-order valence-electron chi connectivity index (χ4n) is 4.05. The van der Waals surface area contributed by atoms with Crippen molar-refractivity contribution in [1.29, 1.82) is 0 Å². The van der Waals surface area contributed by atoms with E-state index in [1.54, 1.807) is 74.9 Å². The van der Waals surface area contributed by atoms with Gasteiger partial charge in [0, 0.05) is 38.8 Å². The van der Waals surface area contributed by atoms with Crippen LogP contribution in [0.25, 0.3) is 11.0 Å². The number of halogens is 1. The molecule has 0 radical (unpaired) electrons. The molecule has 2 heterocycles. The molecule has 2 aromatic heterocycles. The van der Waals surface area contributed by atoms with Crippen molar-refractivity contribution in [1.82, 2.24) is 19.2 Å². The summed E-state index contributed by atoms with van der Waals surface area (Å²) in [5.41, 5.74) is 2.65. The van der Waals surface area contributed by atoms with Crippen LogP contribution in [0, 0.1) is 0 Å². The quantitative estimate of drug-likeness (QED) is 0.414. The van der Waals surface area contributed by atoms with E-state index in [0.29, 0.717) is 23.1 Å². The van der Waals surface area contributed by atoms with E-state index in [-0.39, 0.29) is 18.0 Å². The normalized spacial score (nSPS) is 13.7. The van der Waals surface area contributed by atoms with Gasteiger partial charge in [-0.2, -0.15) is 0 Å². The van der Waals surface area contributed by atoms with E-state index in [9.17, 15) is 22.7 Å². The van der Waals surface area contributed by atoms with Gasteiger partial charge in [0.05, 0.1) is 34.3 Å². The summed E-state index contributed by atoms with van der Waals surface area (Å²) in [7, 11) is -0.615. The molecule has 11 heteroatoms. The molecule has 3 aromatic rings. The number of pyridine rings is 1. The van der Waals surface area contributed by atoms with Crippen LogP contribution < -0.4 is 5.32 Å². The van der Waals surface area contributed by atoms with Crippen molar-refractivity contribution in [3.63, 3.8) is 0 Å². The molecule has 0 fully saturated rings. The first kappa shape index (κ1) is 29.3. The predicted molar refractivity (Wildman–Crippen MR) is 144 cm³/mol. The minimum Gasteiger partial charge on any atom is -0.444 e. The van der Waals surface area contributed by atoms with Gasteiger partial charge in [-0.1, -0.05) is 12.1 Å². The third-order valence-electron chi connectivity index (χ3n) is 5.72. The molecule has 0 aliphatic heterocycles. The van der Waals surface area contributed by atoms with Crippen LogP contribution >= 0.6 is 0 Å². The largest absolute Gasteiger partial charge is 0.444 e. The Labute approximate surface area is 223 Å². The number of hydrogen-bond donors (Lipinski definition) is 2. The summed E-state index contributed by atoms with van der Waals surface area (Å²) in [5, 5.41) is 13.2. The molecule has 1 aromatic carbocycles. The SMILES string of the molecule is CC(O)c1c(Cc2ccc(S(=O)(=O)N(C)C)cc2)c2ncccc2n1C/C(F)=C/CNC(=O)OC(C)(C)C. The standard InChI is InChI=1S/C27H35FN4O5S/c1-18(33)25-22(16-19-9-11-21(12-10-19)38(35,36)31(5)6)24-23(8-7-14-29-24)32(25)17-20(28)13-15-30-26(34)37-27(2,3)4/h7-14,18,33H,15-17H2,1-6H3,(H,30,34)/b20-13-. The highest BCUT2D eigenvalue weighted by Crippen LogP contribution is 2.32. The number of alkyl carbamates (subject to hydrolysis) is 1. The van der Waals surface area contributed by atoms with Gasteiger partial charge in [-0.15, -0.1) is 0 Å². The Morgan fingerprint density at radius 3 is 2.47 bits per heavy atom. The molecule has 2 N–H and O–H groups in total. The molecule has 0 aliphatic carbocycles. The molecule has 9 nitrogen and oxygen atoms in total. The van der Waals surface area contributed by atoms with Gasteiger partial charge in [-0.3, -0.25) is 4.98 Å². The number of rotatable bonds is 9. The molecule has 0 aliphatic rings. The number of nitrogens with zero attached hydrogens (tertiary/aromatic N) is 3. The van der Waals surface area contributed by atoms with Crippen LogP contribution in [-0.4, -0.2) is 59.7 Å². The van der Waals surface area contributed by atoms with Crippen LogP contribution in [0.2, 0.25) is 0 Å². The zero-order valence-corrected chi connectivity index (χ0v) is 23.3. The maximum Gasteiger partial charge on any atom is 0.407 e. The summed E-state index contributed by atoms with van der Waals surface area (Å²) in [6, 6.07) is 10.1. The van der Waals surface area contributed by atoms with Gasteiger partial charge in [0.25, 0.3) is 0 Å². The van der Waals surface area contributed by atoms with Crippen molar-refractivity contribution in [3.8, 4) is 0 Å². The highest BCUT2D eigenvalue weighted by atomic mass is 32.2. The van der Waals surface area contributed by atoms with Crippen molar-refractivity contribution in [3.05, 3.63) is 71.3 Å². The van der Waals surface area contributed by atoms with Crippen LogP contribution in [0.3, 0.4) is 0 Å². The van der Waals surface area contributed by atoms with Crippen molar-refractivity contribution in [2.75, 3.05) is 20.6 Å². The smallest absolute Gasteiger partial charge is 0.407 e. The number of benzene rings is 1. The summed E-state index contributed by atoms with van der Waals surface area (Å²) in [6.45, 7) is 6.60. The van der Waals surface area contributed by atoms with Gasteiger partial charge in [-0.25, -0.2) is 21.9 Å². The number of carbonyl (C=O) groups excluding carboxylic acids is 1. The van der Waals surface area contributed by atoms with Crippen molar-refractivity contribution >= 4 is 27.1 Å². The summed E-state index contributed by atoms with van der Waals surface area (Å²) in [5.74, 6) is -0.506. The number of ether oxygens (including phenoxy) is 1. The van der Waals surface area contributed by atoms with Crippen LogP contribution in [0.5, 0.6) is 0 Å². The van der Waals surface area contributed by atoms with Crippen molar-refractivity contribution < 1.29 is 27.4 Å². The Bertz CT molecular complexity index is 1420. The Morgan fingerprint density at radius 1 is 1.24 bits per heavy atom. The van der Waals surface area contributed by atoms with Crippen LogP contribution in [0.15, 0.2) is 59.4 Å². The molecule has 0 spiro atoms. The second-order valence-electron chi connectivity index (χ2n) is 10.1. The minimum absolute atomic E-state index is 0.0583. The van der Waals surface area contributed by atoms with E-state index in [4.69, 9.17) is 4.74 Å². The van der Waals surface area contributed by atoms with E-state index < -0.39 is 33.6 Å². The van der Waals surface area contributed by atoms with E-state index in [0.717, 1.165) is 15.4 Å². The Balaban J connectivity index is 1.91. The van der Waals surface area contributed by atoms with Gasteiger partial charge in [-0.05, 0) is 63.6 Å². The van der Waals surface area contributed by atoms with Crippen molar-refractivity contribution in [2.45, 2.75) is 57.3 Å². The van der Waals surface area contributed by atoms with Crippen LogP contribution in [0.4, 0.5) is 9.18 Å². The average Bonchev–Trinajstić information content (AvgIpc) is 3.11. The molecule has 3 rings (SSSR count). The minimum atomic E-state index is -3.56. The summed E-state index contributed by atoms with van der Waals surface area (Å²) in [6.07, 6.45) is 1.66. The van der Waals surface area contributed by atoms with Gasteiger partial charge < -0.3 is 19.7 Å². The summed E-state index contributed by atoms with van der Waals surface area (Å²) < 4.78 is 47.8. The predicted octanol–water partition coefficient (Wildman–Crippen LogP) is 4.31. The number of carbonyl (C=O) groups is 1. The molecule has 38 heavy (non-hydrogen) atoms. The lowest BCUT2D eigenvalue weighted by molar-refractivity contribution is 0.0534. The first-order chi connectivity index (χ1) is 17.7. The van der Waals surface area contributed by atoms with E-state index in [1.807, 2.05) is 0 Å². The highest BCUT2D eigenvalue weighted by molar-refractivity contribution is 7.89. The maximum atomic E-state index is 15.0. The number of fused-ring (bicyclic) bond motifs is 1. The third-order valence-corrected chi connectivity index (χ3v) is 7.55. The number of aromatic nitrogens is 2. The Morgan fingerprint density at radius 2 is 1.89 bits per heavy atom. The van der Waals surface area contributed by atoms with Crippen molar-refractivity contribution in [2.24, 2.45) is 0 Å².